The summed E-state index contributed by atoms with van der Waals surface area (Å²) in [6, 6.07) is 18.7. The number of aromatic nitrogens is 11. The molecule has 0 fully saturated rings. The number of hydrogen-bond donors (Lipinski definition) is 2. The molecule has 17 nitrogen and oxygen atoms in total. The SMILES string of the molecule is CC(C)c1ccc(Cn2nnc3c(-c4ccco4)nc(N)nc32)cn1.CCN(CC)c1ccc(C(=O)Cn2nnc3c(-c4ccco4)nc(N)nc32)cc1. The van der Waals surface area contributed by atoms with E-state index in [1.807, 2.05) is 42.6 Å². The van der Waals surface area contributed by atoms with Crippen molar-refractivity contribution in [3.8, 4) is 22.9 Å². The summed E-state index contributed by atoms with van der Waals surface area (Å²) in [6.45, 7) is 10.7. The first-order chi connectivity index (χ1) is 26.2. The third kappa shape index (κ3) is 7.32. The van der Waals surface area contributed by atoms with Crippen LogP contribution in [0.25, 0.3) is 45.2 Å². The zero-order valence-electron chi connectivity index (χ0n) is 30.2. The van der Waals surface area contributed by atoms with E-state index in [0.29, 0.717) is 63.3 Å². The first-order valence-corrected chi connectivity index (χ1v) is 17.4. The van der Waals surface area contributed by atoms with Gasteiger partial charge in [0.1, 0.15) is 17.9 Å². The number of carbonyl (C=O) groups excluding carboxylic acids is 1. The number of anilines is 3. The lowest BCUT2D eigenvalue weighted by Gasteiger charge is -2.21. The van der Waals surface area contributed by atoms with Gasteiger partial charge in [0.05, 0.1) is 19.1 Å². The van der Waals surface area contributed by atoms with E-state index in [9.17, 15) is 4.79 Å². The molecule has 0 unspecified atom stereocenters. The minimum absolute atomic E-state index is 0.00480. The van der Waals surface area contributed by atoms with Crippen LogP contribution in [0.3, 0.4) is 0 Å². The predicted molar refractivity (Wildman–Crippen MR) is 202 cm³/mol. The molecular formula is C37H38N14O3. The number of nitrogen functional groups attached to an aromatic ring is 2. The molecule has 274 valence electrons. The van der Waals surface area contributed by atoms with E-state index < -0.39 is 0 Å². The normalized spacial score (nSPS) is 11.3. The Kier molecular flexibility index (Phi) is 10.0. The fourth-order valence-electron chi connectivity index (χ4n) is 5.85. The minimum Gasteiger partial charge on any atom is -0.463 e. The van der Waals surface area contributed by atoms with Gasteiger partial charge < -0.3 is 25.2 Å². The molecule has 7 aromatic heterocycles. The number of fused-ring (bicyclic) bond motifs is 2. The molecule has 17 heteroatoms. The maximum atomic E-state index is 12.8. The Balaban J connectivity index is 0.000000168. The van der Waals surface area contributed by atoms with E-state index in [1.165, 1.54) is 10.9 Å². The van der Waals surface area contributed by atoms with Crippen LogP contribution in [0.15, 0.2) is 88.2 Å². The van der Waals surface area contributed by atoms with Crippen molar-refractivity contribution >= 4 is 45.7 Å². The molecule has 0 atom stereocenters. The lowest BCUT2D eigenvalue weighted by molar-refractivity contribution is 0.0968. The molecular weight excluding hydrogens is 689 g/mol. The van der Waals surface area contributed by atoms with E-state index >= 15 is 0 Å². The van der Waals surface area contributed by atoms with Crippen LogP contribution in [-0.4, -0.2) is 73.8 Å². The van der Waals surface area contributed by atoms with Gasteiger partial charge in [0, 0.05) is 36.2 Å². The summed E-state index contributed by atoms with van der Waals surface area (Å²) in [5.41, 5.74) is 18.4. The number of nitrogens with zero attached hydrogens (tertiary/aromatic N) is 12. The van der Waals surface area contributed by atoms with Gasteiger partial charge in [-0.3, -0.25) is 9.78 Å². The minimum atomic E-state index is -0.0976. The molecule has 1 aromatic carbocycles. The smallest absolute Gasteiger partial charge is 0.222 e. The van der Waals surface area contributed by atoms with Crippen molar-refractivity contribution in [1.82, 2.24) is 54.9 Å². The molecule has 0 saturated carbocycles. The third-order valence-corrected chi connectivity index (χ3v) is 8.65. The number of rotatable bonds is 11. The Morgan fingerprint density at radius 3 is 1.83 bits per heavy atom. The highest BCUT2D eigenvalue weighted by molar-refractivity contribution is 5.97. The van der Waals surface area contributed by atoms with Crippen LogP contribution in [0, 0.1) is 0 Å². The summed E-state index contributed by atoms with van der Waals surface area (Å²) in [5, 5.41) is 16.6. The molecule has 0 bridgehead atoms. The summed E-state index contributed by atoms with van der Waals surface area (Å²) in [6.07, 6.45) is 4.96. The summed E-state index contributed by atoms with van der Waals surface area (Å²) >= 11 is 0. The van der Waals surface area contributed by atoms with Crippen LogP contribution in [0.4, 0.5) is 17.6 Å². The van der Waals surface area contributed by atoms with Crippen LogP contribution in [0.5, 0.6) is 0 Å². The molecule has 0 aliphatic heterocycles. The second-order valence-electron chi connectivity index (χ2n) is 12.5. The van der Waals surface area contributed by atoms with Crippen LogP contribution in [-0.2, 0) is 13.1 Å². The van der Waals surface area contributed by atoms with Gasteiger partial charge in [0.15, 0.2) is 39.6 Å². The maximum absolute atomic E-state index is 12.8. The predicted octanol–water partition coefficient (Wildman–Crippen LogP) is 5.42. The van der Waals surface area contributed by atoms with Gasteiger partial charge in [0.2, 0.25) is 11.9 Å². The second-order valence-corrected chi connectivity index (χ2v) is 12.5. The number of ketones is 1. The van der Waals surface area contributed by atoms with Gasteiger partial charge in [-0.25, -0.2) is 19.3 Å². The monoisotopic (exact) mass is 726 g/mol. The van der Waals surface area contributed by atoms with E-state index in [4.69, 9.17) is 20.3 Å². The molecule has 7 heterocycles. The molecule has 0 spiro atoms. The van der Waals surface area contributed by atoms with Crippen molar-refractivity contribution in [2.45, 2.75) is 46.7 Å². The molecule has 0 aliphatic carbocycles. The number of hydrogen-bond acceptors (Lipinski definition) is 15. The van der Waals surface area contributed by atoms with Crippen molar-refractivity contribution in [3.05, 3.63) is 96.2 Å². The molecule has 0 amide bonds. The van der Waals surface area contributed by atoms with Gasteiger partial charge in [-0.15, -0.1) is 10.2 Å². The molecule has 0 saturated heterocycles. The highest BCUT2D eigenvalue weighted by Gasteiger charge is 2.20. The third-order valence-electron chi connectivity index (χ3n) is 8.65. The lowest BCUT2D eigenvalue weighted by atomic mass is 10.1. The average Bonchev–Trinajstić information content (AvgIpc) is 4.02. The van der Waals surface area contributed by atoms with Crippen molar-refractivity contribution in [2.75, 3.05) is 29.5 Å². The van der Waals surface area contributed by atoms with Crippen LogP contribution in [0.1, 0.15) is 55.2 Å². The highest BCUT2D eigenvalue weighted by atomic mass is 16.3. The summed E-state index contributed by atoms with van der Waals surface area (Å²) in [5.74, 6) is 1.59. The van der Waals surface area contributed by atoms with E-state index in [0.717, 1.165) is 30.0 Å². The average molecular weight is 727 g/mol. The molecule has 8 aromatic rings. The van der Waals surface area contributed by atoms with Crippen LogP contribution >= 0.6 is 0 Å². The Hall–Kier alpha value is -7.04. The Labute approximate surface area is 309 Å². The van der Waals surface area contributed by atoms with Crippen LogP contribution in [0.2, 0.25) is 0 Å². The standard InChI is InChI=1S/C20H21N7O2.C17H17N7O/c1-3-26(4-2)14-9-7-13(8-10-14)15(28)12-27-19-18(24-25-27)17(22-20(21)23-19)16-6-5-11-29-16;1-10(2)12-6-5-11(8-19-12)9-24-16-15(22-23-24)14(20-17(18)21-16)13-4-3-7-25-13/h5-11H,3-4,12H2,1-2H3,(H2,21,22,23);3-8,10H,9H2,1-2H3,(H2,18,20,21). The Morgan fingerprint density at radius 2 is 1.33 bits per heavy atom. The first kappa shape index (κ1) is 35.4. The highest BCUT2D eigenvalue weighted by Crippen LogP contribution is 2.27. The molecule has 4 N–H and O–H groups in total. The van der Waals surface area contributed by atoms with Crippen LogP contribution < -0.4 is 16.4 Å². The lowest BCUT2D eigenvalue weighted by Crippen LogP contribution is -2.21. The summed E-state index contributed by atoms with van der Waals surface area (Å²) in [4.78, 5) is 36.4. The number of Topliss-reactive ketones (excluding diaryl/α,β-unsaturated/α-hetero) is 1. The van der Waals surface area contributed by atoms with Crippen molar-refractivity contribution in [1.29, 1.82) is 0 Å². The molecule has 0 aliphatic rings. The number of nitrogens with two attached hydrogens (primary N) is 2. The number of benzene rings is 1. The number of furan rings is 2. The summed E-state index contributed by atoms with van der Waals surface area (Å²) in [7, 11) is 0. The Bertz CT molecular complexity index is 2480. The van der Waals surface area contributed by atoms with Crippen molar-refractivity contribution < 1.29 is 13.6 Å². The van der Waals surface area contributed by atoms with Crippen molar-refractivity contribution in [3.63, 3.8) is 0 Å². The molecule has 54 heavy (non-hydrogen) atoms. The van der Waals surface area contributed by atoms with Gasteiger partial charge >= 0.3 is 0 Å². The van der Waals surface area contributed by atoms with Gasteiger partial charge in [-0.05, 0) is 79.9 Å². The topological polar surface area (TPSA) is 224 Å². The second kappa shape index (κ2) is 15.3. The van der Waals surface area contributed by atoms with Gasteiger partial charge in [-0.2, -0.15) is 9.97 Å². The Morgan fingerprint density at radius 1 is 0.759 bits per heavy atom. The molecule has 8 rings (SSSR count). The summed E-state index contributed by atoms with van der Waals surface area (Å²) < 4.78 is 13.9. The van der Waals surface area contributed by atoms with Crippen molar-refractivity contribution in [2.24, 2.45) is 0 Å². The number of pyridine rings is 1. The van der Waals surface area contributed by atoms with E-state index in [1.54, 1.807) is 35.2 Å². The first-order valence-electron chi connectivity index (χ1n) is 17.4. The number of carbonyl (C=O) groups is 1. The zero-order chi connectivity index (χ0) is 37.8. The van der Waals surface area contributed by atoms with E-state index in [-0.39, 0.29) is 24.2 Å². The fourth-order valence-corrected chi connectivity index (χ4v) is 5.85. The largest absolute Gasteiger partial charge is 0.463 e. The van der Waals surface area contributed by atoms with Gasteiger partial charge in [0.25, 0.3) is 0 Å². The fraction of sp³-hybridized carbons (Fsp3) is 0.243. The zero-order valence-corrected chi connectivity index (χ0v) is 30.2. The quantitative estimate of drug-likeness (QED) is 0.159. The van der Waals surface area contributed by atoms with E-state index in [2.05, 4.69) is 78.1 Å². The van der Waals surface area contributed by atoms with Gasteiger partial charge in [-0.1, -0.05) is 30.3 Å². The molecule has 0 radical (unpaired) electrons. The maximum Gasteiger partial charge on any atom is 0.222 e.